The summed E-state index contributed by atoms with van der Waals surface area (Å²) in [7, 11) is 0. The number of furan rings is 1. The summed E-state index contributed by atoms with van der Waals surface area (Å²) in [5.74, 6) is -0.0568. The molecule has 12 heteroatoms. The summed E-state index contributed by atoms with van der Waals surface area (Å²) in [4.78, 5) is 36.9. The molecule has 3 aromatic rings. The fourth-order valence-electron chi connectivity index (χ4n) is 2.71. The molecule has 0 radical (unpaired) electrons. The van der Waals surface area contributed by atoms with Crippen LogP contribution < -0.4 is 5.43 Å². The molecular formula is C18H16N6O6. The van der Waals surface area contributed by atoms with E-state index in [-0.39, 0.29) is 29.6 Å². The summed E-state index contributed by atoms with van der Waals surface area (Å²) in [6.45, 7) is 2.95. The maximum atomic E-state index is 12.0. The first-order valence-electron chi connectivity index (χ1n) is 8.60. The molecule has 0 bridgehead atoms. The molecule has 30 heavy (non-hydrogen) atoms. The van der Waals surface area contributed by atoms with Crippen LogP contribution in [-0.4, -0.2) is 31.5 Å². The topological polar surface area (TPSA) is 159 Å². The molecule has 154 valence electrons. The Hall–Kier alpha value is -4.35. The number of hydrazone groups is 1. The Bertz CT molecular complexity index is 1160. The minimum atomic E-state index is -0.634. The number of nitrogens with zero attached hydrogens (tertiary/aromatic N) is 5. The van der Waals surface area contributed by atoms with E-state index in [1.54, 1.807) is 31.2 Å². The Labute approximate surface area is 169 Å². The minimum absolute atomic E-state index is 0.0848. The average molecular weight is 412 g/mol. The van der Waals surface area contributed by atoms with E-state index in [0.717, 1.165) is 16.3 Å². The molecule has 0 aliphatic rings. The highest BCUT2D eigenvalue weighted by atomic mass is 16.6. The van der Waals surface area contributed by atoms with Crippen molar-refractivity contribution >= 4 is 23.6 Å². The Balaban J connectivity index is 1.69. The second-order valence-corrected chi connectivity index (χ2v) is 6.28. The van der Waals surface area contributed by atoms with E-state index in [1.807, 2.05) is 0 Å². The van der Waals surface area contributed by atoms with Crippen LogP contribution >= 0.6 is 0 Å². The maximum absolute atomic E-state index is 12.0. The Morgan fingerprint density at radius 3 is 2.70 bits per heavy atom. The zero-order valence-electron chi connectivity index (χ0n) is 15.9. The highest BCUT2D eigenvalue weighted by Crippen LogP contribution is 2.31. The number of hydrogen-bond acceptors (Lipinski definition) is 8. The van der Waals surface area contributed by atoms with Crippen LogP contribution in [0.25, 0.3) is 11.3 Å². The average Bonchev–Trinajstić information content (AvgIpc) is 3.29. The lowest BCUT2D eigenvalue weighted by molar-refractivity contribution is -0.392. The van der Waals surface area contributed by atoms with Crippen LogP contribution in [-0.2, 0) is 11.3 Å². The van der Waals surface area contributed by atoms with Gasteiger partial charge in [0, 0.05) is 13.0 Å². The number of amides is 1. The summed E-state index contributed by atoms with van der Waals surface area (Å²) in [6.07, 6.45) is 2.29. The lowest BCUT2D eigenvalue weighted by Crippen LogP contribution is -2.24. The number of imidazole rings is 1. The first-order chi connectivity index (χ1) is 14.3. The molecule has 1 aromatic carbocycles. The van der Waals surface area contributed by atoms with Crippen LogP contribution in [0.4, 0.5) is 11.5 Å². The van der Waals surface area contributed by atoms with E-state index in [2.05, 4.69) is 15.5 Å². The van der Waals surface area contributed by atoms with Gasteiger partial charge < -0.3 is 14.5 Å². The van der Waals surface area contributed by atoms with E-state index in [9.17, 15) is 25.0 Å². The molecule has 1 N–H and O–H groups in total. The third-order valence-corrected chi connectivity index (χ3v) is 4.15. The molecule has 0 atom stereocenters. The Morgan fingerprint density at radius 1 is 1.23 bits per heavy atom. The Morgan fingerprint density at radius 2 is 2.00 bits per heavy atom. The lowest BCUT2D eigenvalue weighted by atomic mass is 10.1. The van der Waals surface area contributed by atoms with E-state index >= 15 is 0 Å². The van der Waals surface area contributed by atoms with Crippen LogP contribution in [0.5, 0.6) is 0 Å². The van der Waals surface area contributed by atoms with Crippen LogP contribution in [0.15, 0.2) is 46.0 Å². The van der Waals surface area contributed by atoms with E-state index < -0.39 is 15.8 Å². The summed E-state index contributed by atoms with van der Waals surface area (Å²) < 4.78 is 6.69. The molecule has 0 unspecified atom stereocenters. The van der Waals surface area contributed by atoms with Crippen molar-refractivity contribution < 1.29 is 19.1 Å². The fraction of sp³-hybridized carbons (Fsp3) is 0.167. The normalized spacial score (nSPS) is 11.0. The molecular weight excluding hydrogens is 396 g/mol. The second-order valence-electron chi connectivity index (χ2n) is 6.28. The third kappa shape index (κ3) is 4.38. The molecule has 0 saturated heterocycles. The van der Waals surface area contributed by atoms with Crippen molar-refractivity contribution in [2.45, 2.75) is 20.4 Å². The van der Waals surface area contributed by atoms with Gasteiger partial charge in [-0.2, -0.15) is 5.10 Å². The number of benzene rings is 1. The zero-order chi connectivity index (χ0) is 21.8. The molecule has 0 fully saturated rings. The van der Waals surface area contributed by atoms with Crippen molar-refractivity contribution in [3.05, 3.63) is 73.9 Å². The predicted molar refractivity (Wildman–Crippen MR) is 105 cm³/mol. The number of carbonyl (C=O) groups excluding carboxylic acids is 1. The summed E-state index contributed by atoms with van der Waals surface area (Å²) in [5, 5.41) is 26.0. The van der Waals surface area contributed by atoms with Crippen molar-refractivity contribution in [2.75, 3.05) is 0 Å². The number of aromatic nitrogens is 2. The number of rotatable bonds is 7. The van der Waals surface area contributed by atoms with E-state index in [1.165, 1.54) is 19.2 Å². The van der Waals surface area contributed by atoms with Gasteiger partial charge in [-0.05, 0) is 35.6 Å². The van der Waals surface area contributed by atoms with Gasteiger partial charge in [0.15, 0.2) is 12.4 Å². The number of aryl methyl sites for hydroxylation is 2. The van der Waals surface area contributed by atoms with Gasteiger partial charge in [0.1, 0.15) is 17.7 Å². The smallest absolute Gasteiger partial charge is 0.343 e. The first-order valence-corrected chi connectivity index (χ1v) is 8.60. The number of nitro groups is 2. The van der Waals surface area contributed by atoms with Crippen LogP contribution in [0.3, 0.4) is 0 Å². The molecule has 1 amide bonds. The number of carbonyl (C=O) groups is 1. The van der Waals surface area contributed by atoms with Crippen LogP contribution in [0.1, 0.15) is 17.1 Å². The van der Waals surface area contributed by atoms with Gasteiger partial charge in [-0.25, -0.2) is 15.0 Å². The van der Waals surface area contributed by atoms with Gasteiger partial charge in [0.2, 0.25) is 0 Å². The fourth-order valence-corrected chi connectivity index (χ4v) is 2.71. The maximum Gasteiger partial charge on any atom is 0.343 e. The zero-order valence-corrected chi connectivity index (χ0v) is 15.9. The molecule has 12 nitrogen and oxygen atoms in total. The van der Waals surface area contributed by atoms with Crippen molar-refractivity contribution in [1.82, 2.24) is 15.0 Å². The summed E-state index contributed by atoms with van der Waals surface area (Å²) in [6, 6.07) is 7.87. The molecule has 0 aliphatic heterocycles. The SMILES string of the molecule is Cc1ccc(-c2ccc(/C=N\NC(=O)Cn3c([N+](=O)[O-])cnc3C)o2)c([N+](=O)[O-])c1. The molecule has 0 saturated carbocycles. The Kier molecular flexibility index (Phi) is 5.67. The molecule has 2 heterocycles. The molecule has 3 rings (SSSR count). The van der Waals surface area contributed by atoms with Gasteiger partial charge in [0.25, 0.3) is 11.6 Å². The number of nitro benzene ring substituents is 1. The van der Waals surface area contributed by atoms with Crippen molar-refractivity contribution in [1.29, 1.82) is 0 Å². The van der Waals surface area contributed by atoms with E-state index in [0.29, 0.717) is 11.4 Å². The lowest BCUT2D eigenvalue weighted by Gasteiger charge is -2.01. The predicted octanol–water partition coefficient (Wildman–Crippen LogP) is 2.73. The van der Waals surface area contributed by atoms with Crippen LogP contribution in [0.2, 0.25) is 0 Å². The highest BCUT2D eigenvalue weighted by molar-refractivity contribution is 5.81. The highest BCUT2D eigenvalue weighted by Gasteiger charge is 2.20. The van der Waals surface area contributed by atoms with Crippen molar-refractivity contribution in [2.24, 2.45) is 5.10 Å². The second kappa shape index (κ2) is 8.34. The molecule has 2 aromatic heterocycles. The summed E-state index contributed by atoms with van der Waals surface area (Å²) in [5.41, 5.74) is 3.22. The quantitative estimate of drug-likeness (QED) is 0.355. The van der Waals surface area contributed by atoms with Gasteiger partial charge in [-0.1, -0.05) is 6.07 Å². The van der Waals surface area contributed by atoms with Crippen LogP contribution in [0, 0.1) is 34.1 Å². The minimum Gasteiger partial charge on any atom is -0.455 e. The monoisotopic (exact) mass is 412 g/mol. The first kappa shape index (κ1) is 20.4. The largest absolute Gasteiger partial charge is 0.455 e. The third-order valence-electron chi connectivity index (χ3n) is 4.15. The standard InChI is InChI=1S/C18H16N6O6/c1-11-3-5-14(15(7-11)23(26)27)16-6-4-13(30-16)8-20-21-17(25)10-22-12(2)19-9-18(22)24(28)29/h3-9H,10H2,1-2H3,(H,21,25)/b20-8-. The molecule has 0 spiro atoms. The number of nitrogens with one attached hydrogen (secondary N) is 1. The summed E-state index contributed by atoms with van der Waals surface area (Å²) >= 11 is 0. The van der Waals surface area contributed by atoms with Gasteiger partial charge in [-0.3, -0.25) is 14.9 Å². The number of hydrogen-bond donors (Lipinski definition) is 1. The molecule has 0 aliphatic carbocycles. The van der Waals surface area contributed by atoms with Crippen molar-refractivity contribution in [3.8, 4) is 11.3 Å². The van der Waals surface area contributed by atoms with Gasteiger partial charge in [0.05, 0.1) is 16.7 Å². The van der Waals surface area contributed by atoms with Gasteiger partial charge in [-0.15, -0.1) is 0 Å². The van der Waals surface area contributed by atoms with E-state index in [4.69, 9.17) is 4.42 Å². The van der Waals surface area contributed by atoms with Crippen molar-refractivity contribution in [3.63, 3.8) is 0 Å². The van der Waals surface area contributed by atoms with Gasteiger partial charge >= 0.3 is 5.82 Å².